The average Bonchev–Trinajstić information content (AvgIpc) is 2.74. The topological polar surface area (TPSA) is 125 Å². The molecule has 0 aliphatic carbocycles. The molecule has 8 nitrogen and oxygen atoms in total. The Kier molecular flexibility index (Phi) is 9.23. The number of amides is 2. The van der Waals surface area contributed by atoms with Crippen molar-refractivity contribution in [2.75, 3.05) is 11.4 Å². The summed E-state index contributed by atoms with van der Waals surface area (Å²) < 4.78 is 0. The van der Waals surface area contributed by atoms with Crippen molar-refractivity contribution in [1.29, 1.82) is 0 Å². The fourth-order valence-corrected chi connectivity index (χ4v) is 4.35. The molecule has 0 spiro atoms. The zero-order valence-electron chi connectivity index (χ0n) is 19.8. The van der Waals surface area contributed by atoms with E-state index in [4.69, 9.17) is 5.84 Å². The van der Waals surface area contributed by atoms with Gasteiger partial charge in [0.25, 0.3) is 0 Å². The maximum atomic E-state index is 13.1. The van der Waals surface area contributed by atoms with Gasteiger partial charge in [0.1, 0.15) is 14.1 Å². The van der Waals surface area contributed by atoms with E-state index in [1.54, 1.807) is 11.8 Å². The summed E-state index contributed by atoms with van der Waals surface area (Å²) in [6.45, 7) is 8.53. The first-order valence-electron chi connectivity index (χ1n) is 11.2. The molecule has 0 aromatic heterocycles. The Bertz CT molecular complexity index is 944. The molecule has 2 rings (SSSR count). The van der Waals surface area contributed by atoms with Crippen molar-refractivity contribution >= 4 is 37.8 Å². The Morgan fingerprint density at radius 3 is 2.55 bits per heavy atom. The van der Waals surface area contributed by atoms with Crippen molar-refractivity contribution in [3.63, 3.8) is 0 Å². The molecule has 1 saturated heterocycles. The number of aliphatic carboxylic acids is 1. The van der Waals surface area contributed by atoms with Gasteiger partial charge in [0.15, 0.2) is 0 Å². The minimum atomic E-state index is -1.76. The molecule has 1 aliphatic rings. The smallest absolute Gasteiger partial charge is 0.309 e. The van der Waals surface area contributed by atoms with Gasteiger partial charge >= 0.3 is 5.97 Å². The number of hydrogen-bond acceptors (Lipinski definition) is 5. The molecule has 0 saturated carbocycles. The minimum absolute atomic E-state index is 0.00836. The zero-order valence-corrected chi connectivity index (χ0v) is 20.8. The highest BCUT2D eigenvalue weighted by atomic mass is 28.3. The lowest BCUT2D eigenvalue weighted by Crippen LogP contribution is -2.46. The Hall–Kier alpha value is -3.12. The summed E-state index contributed by atoms with van der Waals surface area (Å²) in [6.07, 6.45) is 3.27. The number of rotatable bonds is 8. The average molecular weight is 471 g/mol. The van der Waals surface area contributed by atoms with Gasteiger partial charge in [-0.1, -0.05) is 44.6 Å². The number of carboxylic acid groups (broad SMARTS) is 1. The highest BCUT2D eigenvalue weighted by Crippen LogP contribution is 2.27. The number of nitrogens with one attached hydrogen (secondary N) is 1. The molecule has 33 heavy (non-hydrogen) atoms. The summed E-state index contributed by atoms with van der Waals surface area (Å²) in [4.78, 5) is 39.3. The molecule has 1 aromatic carbocycles. The summed E-state index contributed by atoms with van der Waals surface area (Å²) in [5.74, 6) is 5.48. The standard InChI is InChI=1S/C24H34N4O4Si/c1-5-20(24(31)32)21(12-14-33(2,3)4)27-22(29)15-18-7-6-13-28(23(18)30)19-10-8-17(9-11-19)16-26-25/h8-11,16,18,20-21H,5-7,13,15,25H2,1-4H3,(H,27,29)(H,31,32)/t18?,20?,21-/m1/s1. The number of nitrogens with two attached hydrogens (primary N) is 1. The molecule has 178 valence electrons. The van der Waals surface area contributed by atoms with Crippen LogP contribution in [0.25, 0.3) is 0 Å². The summed E-state index contributed by atoms with van der Waals surface area (Å²) in [7, 11) is -1.76. The van der Waals surface area contributed by atoms with Crippen LogP contribution in [0.1, 0.15) is 38.2 Å². The molecule has 2 amide bonds. The van der Waals surface area contributed by atoms with E-state index in [0.717, 1.165) is 17.7 Å². The van der Waals surface area contributed by atoms with Crippen LogP contribution in [0.4, 0.5) is 5.69 Å². The van der Waals surface area contributed by atoms with E-state index >= 15 is 0 Å². The Morgan fingerprint density at radius 2 is 2.00 bits per heavy atom. The zero-order chi connectivity index (χ0) is 24.6. The van der Waals surface area contributed by atoms with E-state index in [1.165, 1.54) is 6.21 Å². The summed E-state index contributed by atoms with van der Waals surface area (Å²) in [5.41, 5.74) is 4.76. The maximum Gasteiger partial charge on any atom is 0.309 e. The summed E-state index contributed by atoms with van der Waals surface area (Å²) >= 11 is 0. The van der Waals surface area contributed by atoms with Crippen LogP contribution in [-0.2, 0) is 14.4 Å². The fraction of sp³-hybridized carbons (Fsp3) is 0.500. The van der Waals surface area contributed by atoms with Gasteiger partial charge in [-0.2, -0.15) is 5.10 Å². The molecule has 1 aliphatic heterocycles. The number of carbonyl (C=O) groups excluding carboxylic acids is 2. The molecule has 9 heteroatoms. The van der Waals surface area contributed by atoms with Gasteiger partial charge in [-0.3, -0.25) is 14.4 Å². The number of piperidine rings is 1. The van der Waals surface area contributed by atoms with E-state index in [-0.39, 0.29) is 18.2 Å². The quantitative estimate of drug-likeness (QED) is 0.177. The molecular weight excluding hydrogens is 436 g/mol. The van der Waals surface area contributed by atoms with Crippen LogP contribution >= 0.6 is 0 Å². The second kappa shape index (κ2) is 11.7. The van der Waals surface area contributed by atoms with Crippen molar-refractivity contribution in [3.8, 4) is 11.5 Å². The third-order valence-electron chi connectivity index (χ3n) is 5.49. The lowest BCUT2D eigenvalue weighted by molar-refractivity contribution is -0.142. The molecule has 1 aromatic rings. The lowest BCUT2D eigenvalue weighted by Gasteiger charge is -2.32. The Labute approximate surface area is 196 Å². The van der Waals surface area contributed by atoms with Gasteiger partial charge in [-0.25, -0.2) is 0 Å². The highest BCUT2D eigenvalue weighted by Gasteiger charge is 2.33. The van der Waals surface area contributed by atoms with Crippen LogP contribution in [0.5, 0.6) is 0 Å². The number of hydrogen-bond donors (Lipinski definition) is 3. The third-order valence-corrected chi connectivity index (χ3v) is 6.38. The second-order valence-electron chi connectivity index (χ2n) is 9.32. The van der Waals surface area contributed by atoms with E-state index in [9.17, 15) is 19.5 Å². The van der Waals surface area contributed by atoms with Crippen molar-refractivity contribution < 1.29 is 19.5 Å². The number of hydrazone groups is 1. The van der Waals surface area contributed by atoms with Crippen LogP contribution in [0.15, 0.2) is 29.4 Å². The SMILES string of the molecule is CCC(C(=O)O)[C@@H](C#C[Si](C)(C)C)NC(=O)CC1CCCN(c2ccc(C=NN)cc2)C1=O. The third kappa shape index (κ3) is 7.75. The van der Waals surface area contributed by atoms with Crippen molar-refractivity contribution in [2.24, 2.45) is 22.8 Å². The van der Waals surface area contributed by atoms with Crippen LogP contribution in [0, 0.1) is 23.3 Å². The number of anilines is 1. The van der Waals surface area contributed by atoms with Gasteiger partial charge in [0.05, 0.1) is 12.1 Å². The van der Waals surface area contributed by atoms with E-state index in [2.05, 4.69) is 41.5 Å². The molecule has 3 atom stereocenters. The van der Waals surface area contributed by atoms with Gasteiger partial charge in [-0.05, 0) is 37.0 Å². The first-order chi connectivity index (χ1) is 15.6. The van der Waals surface area contributed by atoms with Gasteiger partial charge in [0, 0.05) is 24.6 Å². The largest absolute Gasteiger partial charge is 0.481 e. The van der Waals surface area contributed by atoms with Gasteiger partial charge in [-0.15, -0.1) is 5.54 Å². The fourth-order valence-electron chi connectivity index (χ4n) is 3.76. The molecule has 4 N–H and O–H groups in total. The van der Waals surface area contributed by atoms with Crippen LogP contribution in [-0.4, -0.2) is 49.8 Å². The number of nitrogens with zero attached hydrogens (tertiary/aromatic N) is 2. The summed E-state index contributed by atoms with van der Waals surface area (Å²) in [5, 5.41) is 15.9. The maximum absolute atomic E-state index is 13.1. The first-order valence-corrected chi connectivity index (χ1v) is 14.7. The van der Waals surface area contributed by atoms with Crippen LogP contribution in [0.2, 0.25) is 19.6 Å². The number of carbonyl (C=O) groups is 3. The second-order valence-corrected chi connectivity index (χ2v) is 14.1. The van der Waals surface area contributed by atoms with Gasteiger partial charge < -0.3 is 21.2 Å². The van der Waals surface area contributed by atoms with Gasteiger partial charge in [0.2, 0.25) is 11.8 Å². The predicted molar refractivity (Wildman–Crippen MR) is 132 cm³/mol. The van der Waals surface area contributed by atoms with E-state index in [1.807, 2.05) is 24.3 Å². The highest BCUT2D eigenvalue weighted by molar-refractivity contribution is 6.83. The predicted octanol–water partition coefficient (Wildman–Crippen LogP) is 2.59. The number of carboxylic acids is 1. The first kappa shape index (κ1) is 26.1. The summed E-state index contributed by atoms with van der Waals surface area (Å²) in [6, 6.07) is 6.54. The molecule has 1 heterocycles. The monoisotopic (exact) mass is 470 g/mol. The van der Waals surface area contributed by atoms with Crippen LogP contribution in [0.3, 0.4) is 0 Å². The Morgan fingerprint density at radius 1 is 1.33 bits per heavy atom. The minimum Gasteiger partial charge on any atom is -0.481 e. The van der Waals surface area contributed by atoms with Crippen molar-refractivity contribution in [1.82, 2.24) is 5.32 Å². The molecule has 0 bridgehead atoms. The molecule has 1 fully saturated rings. The van der Waals surface area contributed by atoms with Crippen molar-refractivity contribution in [2.45, 2.75) is 58.3 Å². The van der Waals surface area contributed by atoms with E-state index < -0.39 is 31.9 Å². The molecule has 0 radical (unpaired) electrons. The molecule has 2 unspecified atom stereocenters. The van der Waals surface area contributed by atoms with E-state index in [0.29, 0.717) is 19.4 Å². The normalized spacial score (nSPS) is 18.4. The Balaban J connectivity index is 2.12. The van der Waals surface area contributed by atoms with Crippen molar-refractivity contribution in [3.05, 3.63) is 29.8 Å². The lowest BCUT2D eigenvalue weighted by atomic mass is 9.92. The van der Waals surface area contributed by atoms with Crippen LogP contribution < -0.4 is 16.1 Å². The molecular formula is C24H34N4O4Si. The number of benzene rings is 1.